The van der Waals surface area contributed by atoms with Crippen molar-refractivity contribution in [2.45, 2.75) is 32.1 Å². The summed E-state index contributed by atoms with van der Waals surface area (Å²) >= 11 is 0. The number of ketones is 1. The van der Waals surface area contributed by atoms with E-state index >= 15 is 0 Å². The smallest absolute Gasteiger partial charge is 0.305 e. The fourth-order valence-corrected chi connectivity index (χ4v) is 2.31. The number of rotatable bonds is 3. The van der Waals surface area contributed by atoms with Crippen molar-refractivity contribution in [1.82, 2.24) is 19.7 Å². The minimum Gasteiger partial charge on any atom is -0.305 e. The number of hydrogen-bond acceptors (Lipinski definition) is 4. The molecule has 0 unspecified atom stereocenters. The molecule has 0 saturated heterocycles. The highest BCUT2D eigenvalue weighted by Gasteiger charge is 2.40. The molecule has 1 aliphatic heterocycles. The summed E-state index contributed by atoms with van der Waals surface area (Å²) in [6.45, 7) is 1.15. The van der Waals surface area contributed by atoms with Crippen molar-refractivity contribution >= 4 is 5.78 Å². The Hall–Kier alpha value is -1.44. The average Bonchev–Trinajstić information content (AvgIpc) is 3.08. The minimum atomic E-state index is -4.47. The molecule has 3 rings (SSSR count). The van der Waals surface area contributed by atoms with E-state index in [1.807, 2.05) is 4.90 Å². The Labute approximate surface area is 107 Å². The van der Waals surface area contributed by atoms with Crippen LogP contribution in [0.3, 0.4) is 0 Å². The van der Waals surface area contributed by atoms with E-state index in [1.165, 1.54) is 0 Å². The van der Waals surface area contributed by atoms with Gasteiger partial charge in [0.15, 0.2) is 0 Å². The molecule has 19 heavy (non-hydrogen) atoms. The number of nitrogens with zero attached hydrogens (tertiary/aromatic N) is 4. The molecule has 1 aromatic heterocycles. The van der Waals surface area contributed by atoms with Crippen molar-refractivity contribution in [3.63, 3.8) is 0 Å². The highest BCUT2D eigenvalue weighted by atomic mass is 19.4. The summed E-state index contributed by atoms with van der Waals surface area (Å²) in [6, 6.07) is 0. The van der Waals surface area contributed by atoms with E-state index in [1.54, 1.807) is 0 Å². The van der Waals surface area contributed by atoms with Crippen LogP contribution in [0.1, 0.15) is 24.5 Å². The molecule has 1 aliphatic carbocycles. The maximum Gasteiger partial charge on any atom is 0.451 e. The Balaban J connectivity index is 1.70. The Morgan fingerprint density at radius 3 is 2.63 bits per heavy atom. The van der Waals surface area contributed by atoms with Crippen LogP contribution in [0.15, 0.2) is 0 Å². The molecule has 104 valence electrons. The number of fused-ring (bicyclic) bond motifs is 1. The van der Waals surface area contributed by atoms with Gasteiger partial charge in [-0.1, -0.05) is 0 Å². The summed E-state index contributed by atoms with van der Waals surface area (Å²) in [6.07, 6.45) is -2.58. The summed E-state index contributed by atoms with van der Waals surface area (Å²) in [5.74, 6) is -0.313. The molecule has 0 bridgehead atoms. The lowest BCUT2D eigenvalue weighted by molar-refractivity contribution is -0.148. The lowest BCUT2D eigenvalue weighted by atomic mass is 10.2. The van der Waals surface area contributed by atoms with Crippen LogP contribution in [-0.4, -0.2) is 38.5 Å². The highest BCUT2D eigenvalue weighted by molar-refractivity contribution is 5.84. The van der Waals surface area contributed by atoms with Crippen LogP contribution in [0.25, 0.3) is 0 Å². The Morgan fingerprint density at radius 1 is 1.26 bits per heavy atom. The zero-order valence-corrected chi connectivity index (χ0v) is 10.2. The van der Waals surface area contributed by atoms with E-state index in [2.05, 4.69) is 10.2 Å². The quantitative estimate of drug-likeness (QED) is 0.828. The molecule has 1 saturated carbocycles. The Bertz CT molecular complexity index is 507. The minimum absolute atomic E-state index is 0.172. The largest absolute Gasteiger partial charge is 0.451 e. The first-order chi connectivity index (χ1) is 8.95. The van der Waals surface area contributed by atoms with Crippen LogP contribution < -0.4 is 0 Å². The van der Waals surface area contributed by atoms with E-state index in [4.69, 9.17) is 0 Å². The van der Waals surface area contributed by atoms with Crippen LogP contribution in [0.2, 0.25) is 0 Å². The third kappa shape index (κ3) is 2.49. The molecule has 0 N–H and O–H groups in total. The normalized spacial score (nSPS) is 20.4. The number of hydrogen-bond donors (Lipinski definition) is 0. The van der Waals surface area contributed by atoms with Gasteiger partial charge in [-0.25, -0.2) is 0 Å². The van der Waals surface area contributed by atoms with Crippen LogP contribution in [0.4, 0.5) is 13.2 Å². The summed E-state index contributed by atoms with van der Waals surface area (Å²) < 4.78 is 39.0. The molecule has 0 aromatic carbocycles. The van der Waals surface area contributed by atoms with Gasteiger partial charge in [-0.3, -0.25) is 9.69 Å². The molecule has 2 heterocycles. The van der Waals surface area contributed by atoms with Gasteiger partial charge in [-0.15, -0.1) is 10.2 Å². The van der Waals surface area contributed by atoms with Gasteiger partial charge < -0.3 is 4.57 Å². The number of aromatic nitrogens is 3. The van der Waals surface area contributed by atoms with Gasteiger partial charge in [-0.2, -0.15) is 13.2 Å². The van der Waals surface area contributed by atoms with Gasteiger partial charge in [0.2, 0.25) is 5.82 Å². The van der Waals surface area contributed by atoms with Crippen molar-refractivity contribution in [3.05, 3.63) is 11.6 Å². The maximum atomic E-state index is 12.6. The van der Waals surface area contributed by atoms with Crippen molar-refractivity contribution in [2.75, 3.05) is 13.1 Å². The maximum absolute atomic E-state index is 12.6. The van der Waals surface area contributed by atoms with E-state index in [0.717, 1.165) is 17.4 Å². The second-order valence-corrected chi connectivity index (χ2v) is 5.04. The fourth-order valence-electron chi connectivity index (χ4n) is 2.31. The molecule has 0 radical (unpaired) electrons. The Kier molecular flexibility index (Phi) is 2.84. The first-order valence-electron chi connectivity index (χ1n) is 6.19. The molecule has 5 nitrogen and oxygen atoms in total. The summed E-state index contributed by atoms with van der Waals surface area (Å²) in [5.41, 5.74) is 0. The van der Waals surface area contributed by atoms with Gasteiger partial charge in [0.1, 0.15) is 11.6 Å². The average molecular weight is 274 g/mol. The SMILES string of the molecule is O=C(CN1CCn2c(nnc2C(F)(F)F)C1)C1CC1. The van der Waals surface area contributed by atoms with Crippen LogP contribution in [0.5, 0.6) is 0 Å². The van der Waals surface area contributed by atoms with Crippen LogP contribution >= 0.6 is 0 Å². The van der Waals surface area contributed by atoms with Crippen molar-refractivity contribution < 1.29 is 18.0 Å². The monoisotopic (exact) mass is 274 g/mol. The standard InChI is InChI=1S/C11H13F3N4O/c12-11(13,14)10-16-15-9-6-17(3-4-18(9)10)5-8(19)7-1-2-7/h7H,1-6H2. The third-order valence-corrected chi connectivity index (χ3v) is 3.50. The van der Waals surface area contributed by atoms with E-state index in [9.17, 15) is 18.0 Å². The van der Waals surface area contributed by atoms with Crippen LogP contribution in [-0.2, 0) is 24.1 Å². The lowest BCUT2D eigenvalue weighted by Gasteiger charge is -2.27. The van der Waals surface area contributed by atoms with E-state index in [0.29, 0.717) is 13.1 Å². The number of alkyl halides is 3. The molecule has 0 amide bonds. The lowest BCUT2D eigenvalue weighted by Crippen LogP contribution is -2.38. The number of halogens is 3. The molecule has 1 fully saturated rings. The van der Waals surface area contributed by atoms with Crippen molar-refractivity contribution in [1.29, 1.82) is 0 Å². The van der Waals surface area contributed by atoms with E-state index in [-0.39, 0.29) is 30.6 Å². The summed E-state index contributed by atoms with van der Waals surface area (Å²) in [4.78, 5) is 13.5. The molecule has 8 heteroatoms. The highest BCUT2D eigenvalue weighted by Crippen LogP contribution is 2.31. The van der Waals surface area contributed by atoms with E-state index < -0.39 is 12.0 Å². The topological polar surface area (TPSA) is 51.0 Å². The summed E-state index contributed by atoms with van der Waals surface area (Å²) in [5, 5.41) is 6.79. The first-order valence-corrected chi connectivity index (χ1v) is 6.19. The third-order valence-electron chi connectivity index (χ3n) is 3.50. The van der Waals surface area contributed by atoms with Crippen molar-refractivity contribution in [2.24, 2.45) is 5.92 Å². The molecular formula is C11H13F3N4O. The van der Waals surface area contributed by atoms with Gasteiger partial charge in [0.05, 0.1) is 13.1 Å². The Morgan fingerprint density at radius 2 is 2.00 bits per heavy atom. The predicted molar refractivity (Wildman–Crippen MR) is 58.0 cm³/mol. The molecule has 2 aliphatic rings. The zero-order valence-electron chi connectivity index (χ0n) is 10.2. The van der Waals surface area contributed by atoms with Gasteiger partial charge in [0.25, 0.3) is 0 Å². The van der Waals surface area contributed by atoms with Gasteiger partial charge in [0, 0.05) is 19.0 Å². The predicted octanol–water partition coefficient (Wildman–Crippen LogP) is 1.09. The van der Waals surface area contributed by atoms with Gasteiger partial charge in [-0.05, 0) is 12.8 Å². The second-order valence-electron chi connectivity index (χ2n) is 5.04. The molecule has 0 atom stereocenters. The molecule has 1 aromatic rings. The van der Waals surface area contributed by atoms with Crippen molar-refractivity contribution in [3.8, 4) is 0 Å². The summed E-state index contributed by atoms with van der Waals surface area (Å²) in [7, 11) is 0. The fraction of sp³-hybridized carbons (Fsp3) is 0.727. The first kappa shape index (κ1) is 12.6. The van der Waals surface area contributed by atoms with Crippen LogP contribution in [0, 0.1) is 5.92 Å². The molecular weight excluding hydrogens is 261 g/mol. The molecule has 0 spiro atoms. The van der Waals surface area contributed by atoms with Gasteiger partial charge >= 0.3 is 6.18 Å². The number of Topliss-reactive ketones (excluding diaryl/α,β-unsaturated/α-hetero) is 1. The second kappa shape index (κ2) is 4.29. The number of carbonyl (C=O) groups excluding carboxylic acids is 1. The number of carbonyl (C=O) groups is 1. The zero-order chi connectivity index (χ0) is 13.6.